The fourth-order valence-corrected chi connectivity index (χ4v) is 3.73. The third-order valence-corrected chi connectivity index (χ3v) is 5.26. The van der Waals surface area contributed by atoms with E-state index >= 15 is 0 Å². The zero-order chi connectivity index (χ0) is 20.4. The first-order valence-corrected chi connectivity index (χ1v) is 9.80. The number of carbonyl (C=O) groups excluding carboxylic acids is 3. The fraction of sp³-hybridized carbons (Fsp3) is 0.286. The molecular weight excluding hydrogens is 394 g/mol. The van der Waals surface area contributed by atoms with Crippen molar-refractivity contribution in [3.8, 4) is 0 Å². The lowest BCUT2D eigenvalue weighted by Gasteiger charge is -2.30. The normalized spacial score (nSPS) is 16.2. The van der Waals surface area contributed by atoms with Crippen LogP contribution in [0.1, 0.15) is 27.1 Å². The Morgan fingerprint density at radius 1 is 1.03 bits per heavy atom. The second kappa shape index (κ2) is 8.23. The quantitative estimate of drug-likeness (QED) is 0.762. The molecule has 0 radical (unpaired) electrons. The van der Waals surface area contributed by atoms with Crippen molar-refractivity contribution in [2.75, 3.05) is 43.1 Å². The van der Waals surface area contributed by atoms with Crippen LogP contribution in [0.15, 0.2) is 42.5 Å². The Morgan fingerprint density at radius 3 is 2.34 bits per heavy atom. The summed E-state index contributed by atoms with van der Waals surface area (Å²) in [5.41, 5.74) is 2.23. The van der Waals surface area contributed by atoms with E-state index in [0.717, 1.165) is 23.7 Å². The Morgan fingerprint density at radius 2 is 1.69 bits per heavy atom. The first-order valence-electron chi connectivity index (χ1n) is 9.42. The molecule has 150 valence electrons. The van der Waals surface area contributed by atoms with Gasteiger partial charge in [-0.1, -0.05) is 23.7 Å². The Balaban J connectivity index is 1.42. The van der Waals surface area contributed by atoms with Crippen LogP contribution >= 0.6 is 11.6 Å². The molecule has 2 aromatic carbocycles. The number of fused-ring (bicyclic) bond motifs is 1. The average molecular weight is 414 g/mol. The Bertz CT molecular complexity index is 937. The number of nitrogens with zero attached hydrogens (tertiary/aromatic N) is 2. The van der Waals surface area contributed by atoms with Gasteiger partial charge in [-0.15, -0.1) is 0 Å². The van der Waals surface area contributed by atoms with Gasteiger partial charge in [0.1, 0.15) is 0 Å². The highest BCUT2D eigenvalue weighted by atomic mass is 35.5. The van der Waals surface area contributed by atoms with Crippen LogP contribution in [0, 0.1) is 0 Å². The van der Waals surface area contributed by atoms with Gasteiger partial charge in [0.15, 0.2) is 0 Å². The predicted molar refractivity (Wildman–Crippen MR) is 110 cm³/mol. The monoisotopic (exact) mass is 413 g/mol. The van der Waals surface area contributed by atoms with Crippen molar-refractivity contribution in [1.82, 2.24) is 4.90 Å². The molecule has 1 N–H and O–H groups in total. The summed E-state index contributed by atoms with van der Waals surface area (Å²) in [6, 6.07) is 12.0. The molecule has 7 nitrogen and oxygen atoms in total. The maximum Gasteiger partial charge on any atom is 0.261 e. The standard InChI is InChI=1S/C21H20ClN3O4/c22-14-5-6-18(24-9-11-29-12-10-24)17(13-14)23-19(26)7-8-25-20(27)15-3-1-2-4-16(15)21(25)28/h1-6,13H,7-12H2,(H,23,26). The van der Waals surface area contributed by atoms with E-state index in [-0.39, 0.29) is 30.7 Å². The molecule has 0 aliphatic carbocycles. The van der Waals surface area contributed by atoms with Gasteiger partial charge >= 0.3 is 0 Å². The highest BCUT2D eigenvalue weighted by Gasteiger charge is 2.35. The van der Waals surface area contributed by atoms with Crippen LogP contribution in [0.4, 0.5) is 11.4 Å². The minimum absolute atomic E-state index is 0.000529. The van der Waals surface area contributed by atoms with Crippen LogP contribution in [0.25, 0.3) is 0 Å². The van der Waals surface area contributed by atoms with Gasteiger partial charge in [-0.3, -0.25) is 19.3 Å². The van der Waals surface area contributed by atoms with Crippen LogP contribution in [0.5, 0.6) is 0 Å². The van der Waals surface area contributed by atoms with E-state index in [1.165, 1.54) is 0 Å². The van der Waals surface area contributed by atoms with Crippen molar-refractivity contribution in [2.24, 2.45) is 0 Å². The topological polar surface area (TPSA) is 79.0 Å². The number of amides is 3. The third-order valence-electron chi connectivity index (χ3n) is 5.03. The Hall–Kier alpha value is -2.90. The van der Waals surface area contributed by atoms with Gasteiger partial charge in [-0.05, 0) is 30.3 Å². The number of ether oxygens (including phenoxy) is 1. The van der Waals surface area contributed by atoms with Crippen molar-refractivity contribution in [3.63, 3.8) is 0 Å². The zero-order valence-electron chi connectivity index (χ0n) is 15.7. The molecule has 1 fully saturated rings. The largest absolute Gasteiger partial charge is 0.378 e. The zero-order valence-corrected chi connectivity index (χ0v) is 16.4. The summed E-state index contributed by atoms with van der Waals surface area (Å²) in [4.78, 5) is 40.6. The molecule has 2 aromatic rings. The molecule has 29 heavy (non-hydrogen) atoms. The summed E-state index contributed by atoms with van der Waals surface area (Å²) in [6.07, 6.45) is 0.000529. The molecular formula is C21H20ClN3O4. The molecule has 0 saturated carbocycles. The third kappa shape index (κ3) is 3.97. The van der Waals surface area contributed by atoms with E-state index in [9.17, 15) is 14.4 Å². The number of carbonyl (C=O) groups is 3. The minimum atomic E-state index is -0.366. The van der Waals surface area contributed by atoms with Crippen molar-refractivity contribution in [3.05, 3.63) is 58.6 Å². The van der Waals surface area contributed by atoms with Gasteiger partial charge < -0.3 is 15.0 Å². The van der Waals surface area contributed by atoms with Crippen LogP contribution < -0.4 is 10.2 Å². The average Bonchev–Trinajstić information content (AvgIpc) is 2.98. The SMILES string of the molecule is O=C(CCN1C(=O)c2ccccc2C1=O)Nc1cc(Cl)ccc1N1CCOCC1. The highest BCUT2D eigenvalue weighted by molar-refractivity contribution is 6.31. The molecule has 8 heteroatoms. The van der Waals surface area contributed by atoms with E-state index in [1.807, 2.05) is 6.07 Å². The number of nitrogens with one attached hydrogen (secondary N) is 1. The number of anilines is 2. The second-order valence-electron chi connectivity index (χ2n) is 6.87. The summed E-state index contributed by atoms with van der Waals surface area (Å²) >= 11 is 6.12. The van der Waals surface area contributed by atoms with Gasteiger partial charge in [0.25, 0.3) is 11.8 Å². The summed E-state index contributed by atoms with van der Waals surface area (Å²) < 4.78 is 5.38. The molecule has 0 spiro atoms. The van der Waals surface area contributed by atoms with Crippen LogP contribution in [0.3, 0.4) is 0 Å². The van der Waals surface area contributed by atoms with Gasteiger partial charge in [-0.2, -0.15) is 0 Å². The number of benzene rings is 2. The first-order chi connectivity index (χ1) is 14.0. The second-order valence-corrected chi connectivity index (χ2v) is 7.30. The molecule has 0 unspecified atom stereocenters. The first kappa shape index (κ1) is 19.4. The van der Waals surface area contributed by atoms with E-state index in [0.29, 0.717) is 35.1 Å². The number of imide groups is 1. The Labute approximate surface area is 173 Å². The molecule has 2 aliphatic heterocycles. The van der Waals surface area contributed by atoms with E-state index in [4.69, 9.17) is 16.3 Å². The number of rotatable bonds is 5. The van der Waals surface area contributed by atoms with Gasteiger partial charge in [0.2, 0.25) is 5.91 Å². The molecule has 3 amide bonds. The summed E-state index contributed by atoms with van der Waals surface area (Å²) in [7, 11) is 0. The van der Waals surface area contributed by atoms with Crippen molar-refractivity contribution >= 4 is 40.7 Å². The lowest BCUT2D eigenvalue weighted by Crippen LogP contribution is -2.37. The Kier molecular flexibility index (Phi) is 5.51. The smallest absolute Gasteiger partial charge is 0.261 e. The van der Waals surface area contributed by atoms with Gasteiger partial charge in [0, 0.05) is 31.1 Å². The number of hydrogen-bond donors (Lipinski definition) is 1. The summed E-state index contributed by atoms with van der Waals surface area (Å²) in [5, 5.41) is 3.38. The number of hydrogen-bond acceptors (Lipinski definition) is 5. The molecule has 2 heterocycles. The predicted octanol–water partition coefficient (Wildman–Crippen LogP) is 2.80. The van der Waals surface area contributed by atoms with Gasteiger partial charge in [-0.25, -0.2) is 0 Å². The molecule has 0 aromatic heterocycles. The number of morpholine rings is 1. The number of halogens is 1. The molecule has 0 atom stereocenters. The van der Waals surface area contributed by atoms with Crippen molar-refractivity contribution < 1.29 is 19.1 Å². The molecule has 1 saturated heterocycles. The van der Waals surface area contributed by atoms with Crippen molar-refractivity contribution in [2.45, 2.75) is 6.42 Å². The maximum absolute atomic E-state index is 12.6. The van der Waals surface area contributed by atoms with Gasteiger partial charge in [0.05, 0.1) is 35.7 Å². The minimum Gasteiger partial charge on any atom is -0.378 e. The summed E-state index contributed by atoms with van der Waals surface area (Å²) in [5.74, 6) is -1.02. The lowest BCUT2D eigenvalue weighted by atomic mass is 10.1. The van der Waals surface area contributed by atoms with Crippen LogP contribution in [-0.4, -0.2) is 55.5 Å². The highest BCUT2D eigenvalue weighted by Crippen LogP contribution is 2.30. The lowest BCUT2D eigenvalue weighted by molar-refractivity contribution is -0.116. The van der Waals surface area contributed by atoms with Crippen LogP contribution in [0.2, 0.25) is 5.02 Å². The van der Waals surface area contributed by atoms with Crippen LogP contribution in [-0.2, 0) is 9.53 Å². The fourth-order valence-electron chi connectivity index (χ4n) is 3.56. The molecule has 4 rings (SSSR count). The molecule has 0 bridgehead atoms. The van der Waals surface area contributed by atoms with E-state index in [2.05, 4.69) is 10.2 Å². The van der Waals surface area contributed by atoms with E-state index < -0.39 is 0 Å². The molecule has 2 aliphatic rings. The van der Waals surface area contributed by atoms with Crippen molar-refractivity contribution in [1.29, 1.82) is 0 Å². The maximum atomic E-state index is 12.6. The van der Waals surface area contributed by atoms with E-state index in [1.54, 1.807) is 36.4 Å². The summed E-state index contributed by atoms with van der Waals surface area (Å²) in [6.45, 7) is 2.70.